The molecule has 1 N–H and O–H groups in total. The molecule has 9 nitrogen and oxygen atoms in total. The van der Waals surface area contributed by atoms with Crippen LogP contribution in [0.1, 0.15) is 28.6 Å². The van der Waals surface area contributed by atoms with E-state index in [0.717, 1.165) is 16.9 Å². The molecule has 3 aromatic carbocycles. The van der Waals surface area contributed by atoms with Crippen molar-refractivity contribution in [3.63, 3.8) is 0 Å². The van der Waals surface area contributed by atoms with Gasteiger partial charge in [0.25, 0.3) is 5.78 Å². The molecule has 1 aliphatic heterocycles. The molecule has 0 saturated carbocycles. The molecule has 0 radical (unpaired) electrons. The summed E-state index contributed by atoms with van der Waals surface area (Å²) < 4.78 is 8.33. The second-order valence-electron chi connectivity index (χ2n) is 10.5. The maximum atomic E-state index is 13.9. The van der Waals surface area contributed by atoms with Crippen LogP contribution >= 0.6 is 46.3 Å². The number of fused-ring (bicyclic) bond motifs is 1. The van der Waals surface area contributed by atoms with Crippen molar-refractivity contribution in [1.29, 1.82) is 0 Å². The molecule has 1 amide bonds. The van der Waals surface area contributed by atoms with Crippen molar-refractivity contribution >= 4 is 74.5 Å². The molecule has 1 atom stereocenters. The lowest BCUT2D eigenvalue weighted by Crippen LogP contribution is -2.29. The molecule has 1 saturated heterocycles. The summed E-state index contributed by atoms with van der Waals surface area (Å²) in [5.74, 6) is -0.460. The van der Waals surface area contributed by atoms with E-state index in [4.69, 9.17) is 27.9 Å². The van der Waals surface area contributed by atoms with Crippen molar-refractivity contribution in [3.8, 4) is 11.5 Å². The number of halogens is 2. The highest BCUT2D eigenvalue weighted by atomic mass is 35.5. The van der Waals surface area contributed by atoms with Gasteiger partial charge in [-0.15, -0.1) is 10.2 Å². The monoisotopic (exact) mass is 699 g/mol. The average Bonchev–Trinajstić information content (AvgIpc) is 3.74. The molecule has 7 rings (SSSR count). The fourth-order valence-corrected chi connectivity index (χ4v) is 7.81. The number of aryl methyl sites for hydroxylation is 1. The van der Waals surface area contributed by atoms with Crippen molar-refractivity contribution in [2.75, 3.05) is 4.90 Å². The highest BCUT2D eigenvalue weighted by molar-refractivity contribution is 8.00. The zero-order valence-electron chi connectivity index (χ0n) is 24.5. The first-order valence-corrected chi connectivity index (χ1v) is 16.8. The Labute approximate surface area is 287 Å². The van der Waals surface area contributed by atoms with Gasteiger partial charge >= 0.3 is 5.91 Å². The molecule has 3 aromatic heterocycles. The van der Waals surface area contributed by atoms with Gasteiger partial charge < -0.3 is 9.84 Å². The summed E-state index contributed by atoms with van der Waals surface area (Å²) in [6, 6.07) is 26.0. The summed E-state index contributed by atoms with van der Waals surface area (Å²) in [4.78, 5) is 33.5. The minimum Gasteiger partial charge on any atom is -0.505 e. The first-order chi connectivity index (χ1) is 22.8. The van der Waals surface area contributed by atoms with Crippen LogP contribution in [0.5, 0.6) is 11.5 Å². The summed E-state index contributed by atoms with van der Waals surface area (Å²) in [7, 11) is 0. The topological polar surface area (TPSA) is 110 Å². The second kappa shape index (κ2) is 12.8. The number of Topliss-reactive ketones (excluding diaryl/α,β-unsaturated/α-hetero) is 1. The van der Waals surface area contributed by atoms with Crippen LogP contribution in [0.4, 0.5) is 5.13 Å². The van der Waals surface area contributed by atoms with E-state index in [-0.39, 0.29) is 16.5 Å². The van der Waals surface area contributed by atoms with Gasteiger partial charge in [-0.05, 0) is 66.6 Å². The van der Waals surface area contributed by atoms with Crippen molar-refractivity contribution in [3.05, 3.63) is 135 Å². The number of thioether (sulfide) groups is 1. The van der Waals surface area contributed by atoms with Gasteiger partial charge in [-0.25, -0.2) is 4.98 Å². The van der Waals surface area contributed by atoms with Gasteiger partial charge in [0.2, 0.25) is 5.13 Å². The van der Waals surface area contributed by atoms with Gasteiger partial charge in [0.05, 0.1) is 17.3 Å². The van der Waals surface area contributed by atoms with E-state index >= 15 is 0 Å². The van der Waals surface area contributed by atoms with Crippen LogP contribution in [0, 0.1) is 6.92 Å². The summed E-state index contributed by atoms with van der Waals surface area (Å²) >= 11 is 14.9. The van der Waals surface area contributed by atoms with Crippen LogP contribution in [-0.2, 0) is 15.3 Å². The number of ketones is 1. The molecule has 0 aliphatic carbocycles. The predicted molar refractivity (Wildman–Crippen MR) is 184 cm³/mol. The Balaban J connectivity index is 1.32. The van der Waals surface area contributed by atoms with Gasteiger partial charge in [-0.2, -0.15) is 0 Å². The molecule has 47 heavy (non-hydrogen) atoms. The Hall–Kier alpha value is -4.68. The Morgan fingerprint density at radius 3 is 2.55 bits per heavy atom. The number of aliphatic hydroxyl groups excluding tert-OH is 1. The number of anilines is 1. The predicted octanol–water partition coefficient (Wildman–Crippen LogP) is 8.51. The molecule has 1 aliphatic rings. The standard InChI is InChI=1S/C34H23Cl2N5O4S2/c1-19-28(40-15-6-5-12-26(40)37-19)30(42)27-29(20-8-7-11-24(16-20)45-23-9-3-2-4-10-23)41(32(44)31(27)43)33-38-39-34(47-33)46-18-21-13-14-22(35)17-25(21)36/h2-17,29,42H,18H2,1H3/b30-27+. The minimum absolute atomic E-state index is 0.0991. The number of para-hydroxylation sites is 1. The molecular weight excluding hydrogens is 677 g/mol. The maximum absolute atomic E-state index is 13.9. The number of hydrogen-bond acceptors (Lipinski definition) is 9. The van der Waals surface area contributed by atoms with Gasteiger partial charge in [-0.1, -0.05) is 88.8 Å². The maximum Gasteiger partial charge on any atom is 0.301 e. The number of aliphatic hydroxyl groups is 1. The second-order valence-corrected chi connectivity index (χ2v) is 13.5. The number of imidazole rings is 1. The van der Waals surface area contributed by atoms with Crippen LogP contribution in [0.2, 0.25) is 10.0 Å². The number of ether oxygens (including phenoxy) is 1. The van der Waals surface area contributed by atoms with Gasteiger partial charge in [0, 0.05) is 22.0 Å². The zero-order valence-corrected chi connectivity index (χ0v) is 27.6. The first-order valence-electron chi connectivity index (χ1n) is 14.3. The van der Waals surface area contributed by atoms with E-state index in [2.05, 4.69) is 15.2 Å². The van der Waals surface area contributed by atoms with E-state index in [1.807, 2.05) is 42.5 Å². The van der Waals surface area contributed by atoms with Crippen molar-refractivity contribution in [1.82, 2.24) is 19.6 Å². The number of pyridine rings is 1. The average molecular weight is 701 g/mol. The Bertz CT molecular complexity index is 2200. The smallest absolute Gasteiger partial charge is 0.301 e. The molecule has 13 heteroatoms. The molecule has 1 fully saturated rings. The Morgan fingerprint density at radius 1 is 0.957 bits per heavy atom. The van der Waals surface area contributed by atoms with Crippen molar-refractivity contribution in [2.24, 2.45) is 0 Å². The number of rotatable bonds is 8. The minimum atomic E-state index is -1.04. The fraction of sp³-hybridized carbons (Fsp3) is 0.0882. The Morgan fingerprint density at radius 2 is 1.74 bits per heavy atom. The first kappa shape index (κ1) is 30.9. The van der Waals surface area contributed by atoms with E-state index in [1.54, 1.807) is 66.1 Å². The molecule has 6 aromatic rings. The lowest BCUT2D eigenvalue weighted by Gasteiger charge is -2.23. The lowest BCUT2D eigenvalue weighted by molar-refractivity contribution is -0.132. The van der Waals surface area contributed by atoms with Gasteiger partial charge in [0.15, 0.2) is 10.1 Å². The molecule has 0 spiro atoms. The SMILES string of the molecule is Cc1nc2ccccn2c1/C(O)=C1\C(=O)C(=O)N(c2nnc(SCc3ccc(Cl)cc3Cl)s2)C1c1cccc(Oc2ccccc2)c1. The largest absolute Gasteiger partial charge is 0.505 e. The number of carbonyl (C=O) groups excluding carboxylic acids is 2. The van der Waals surface area contributed by atoms with E-state index in [1.165, 1.54) is 16.7 Å². The molecule has 234 valence electrons. The summed E-state index contributed by atoms with van der Waals surface area (Å²) in [6.07, 6.45) is 1.74. The third-order valence-corrected chi connectivity index (χ3v) is 10.2. The normalized spacial score (nSPS) is 15.9. The van der Waals surface area contributed by atoms with Crippen LogP contribution < -0.4 is 9.64 Å². The zero-order chi connectivity index (χ0) is 32.7. The van der Waals surface area contributed by atoms with Crippen molar-refractivity contribution in [2.45, 2.75) is 23.1 Å². The molecule has 1 unspecified atom stereocenters. The number of carbonyl (C=O) groups is 2. The fourth-order valence-electron chi connectivity index (χ4n) is 5.38. The van der Waals surface area contributed by atoms with Crippen LogP contribution in [0.3, 0.4) is 0 Å². The summed E-state index contributed by atoms with van der Waals surface area (Å²) in [5, 5.41) is 21.7. The van der Waals surface area contributed by atoms with Crippen molar-refractivity contribution < 1.29 is 19.4 Å². The molecule has 0 bridgehead atoms. The van der Waals surface area contributed by atoms with Crippen LogP contribution in [0.25, 0.3) is 11.4 Å². The highest BCUT2D eigenvalue weighted by Crippen LogP contribution is 2.45. The number of hydrogen-bond donors (Lipinski definition) is 1. The van der Waals surface area contributed by atoms with Crippen LogP contribution in [-0.4, -0.2) is 36.4 Å². The highest BCUT2D eigenvalue weighted by Gasteiger charge is 2.49. The third kappa shape index (κ3) is 5.98. The van der Waals surface area contributed by atoms with Crippen LogP contribution in [0.15, 0.2) is 107 Å². The molecular formula is C34H23Cl2N5O4S2. The molecule has 4 heterocycles. The lowest BCUT2D eigenvalue weighted by atomic mass is 9.96. The van der Waals surface area contributed by atoms with E-state index in [0.29, 0.717) is 54.2 Å². The van der Waals surface area contributed by atoms with Gasteiger partial charge in [-0.3, -0.25) is 18.9 Å². The Kier molecular flexibility index (Phi) is 8.46. The van der Waals surface area contributed by atoms with E-state index in [9.17, 15) is 14.7 Å². The number of benzene rings is 3. The summed E-state index contributed by atoms with van der Waals surface area (Å²) in [5.41, 5.74) is 2.68. The number of nitrogens with zero attached hydrogens (tertiary/aromatic N) is 5. The van der Waals surface area contributed by atoms with E-state index < -0.39 is 17.7 Å². The number of aromatic nitrogens is 4. The number of amides is 1. The summed E-state index contributed by atoms with van der Waals surface area (Å²) in [6.45, 7) is 1.74. The third-order valence-electron chi connectivity index (χ3n) is 7.49. The quantitative estimate of drug-likeness (QED) is 0.0554. The van der Waals surface area contributed by atoms with Gasteiger partial charge in [0.1, 0.15) is 22.8 Å².